The van der Waals surface area contributed by atoms with E-state index in [1.54, 1.807) is 12.1 Å². The Balaban J connectivity index is 2.28. The summed E-state index contributed by atoms with van der Waals surface area (Å²) in [4.78, 5) is 19.2. The van der Waals surface area contributed by atoms with Crippen molar-refractivity contribution in [3.8, 4) is 5.75 Å². The zero-order valence-corrected chi connectivity index (χ0v) is 12.1. The summed E-state index contributed by atoms with van der Waals surface area (Å²) in [5.41, 5.74) is -0.150. The summed E-state index contributed by atoms with van der Waals surface area (Å²) in [5.74, 6) is -0.495. The number of aromatic nitrogens is 2. The first-order valence-electron chi connectivity index (χ1n) is 4.83. The summed E-state index contributed by atoms with van der Waals surface area (Å²) in [6.45, 7) is 0. The number of rotatable bonds is 2. The van der Waals surface area contributed by atoms with Crippen LogP contribution in [0.15, 0.2) is 24.3 Å². The molecule has 8 heteroatoms. The maximum Gasteiger partial charge on any atom is 0.349 e. The highest BCUT2D eigenvalue weighted by atomic mass is 35.5. The SMILES string of the molecule is O=C(Oc1ccc(Cl)cc1)c1c(Cl)nc(Cl)nc1Cl. The lowest BCUT2D eigenvalue weighted by Gasteiger charge is -2.06. The maximum atomic E-state index is 11.9. The van der Waals surface area contributed by atoms with Gasteiger partial charge in [0.05, 0.1) is 0 Å². The summed E-state index contributed by atoms with van der Waals surface area (Å²) in [5, 5.41) is 0.0108. The number of hydrogen-bond acceptors (Lipinski definition) is 4. The second-order valence-electron chi connectivity index (χ2n) is 3.29. The highest BCUT2D eigenvalue weighted by Gasteiger charge is 2.20. The minimum absolute atomic E-state index is 0.150. The van der Waals surface area contributed by atoms with E-state index in [9.17, 15) is 4.79 Å². The van der Waals surface area contributed by atoms with Crippen LogP contribution in [0.1, 0.15) is 10.4 Å². The lowest BCUT2D eigenvalue weighted by atomic mass is 10.3. The van der Waals surface area contributed by atoms with Gasteiger partial charge in [-0.2, -0.15) is 0 Å². The number of hydrogen-bond donors (Lipinski definition) is 0. The van der Waals surface area contributed by atoms with Crippen molar-refractivity contribution < 1.29 is 9.53 Å². The van der Waals surface area contributed by atoms with Gasteiger partial charge in [0.2, 0.25) is 5.28 Å². The Hall–Kier alpha value is -1.07. The molecule has 0 fully saturated rings. The van der Waals surface area contributed by atoms with E-state index in [0.717, 1.165) is 0 Å². The van der Waals surface area contributed by atoms with Gasteiger partial charge in [-0.15, -0.1) is 0 Å². The molecule has 0 aliphatic rings. The molecule has 0 saturated heterocycles. The Morgan fingerprint density at radius 2 is 1.47 bits per heavy atom. The smallest absolute Gasteiger partial charge is 0.349 e. The molecule has 1 heterocycles. The van der Waals surface area contributed by atoms with Gasteiger partial charge in [-0.3, -0.25) is 0 Å². The van der Waals surface area contributed by atoms with Crippen molar-refractivity contribution in [1.29, 1.82) is 0 Å². The molecule has 0 saturated carbocycles. The summed E-state index contributed by atoms with van der Waals surface area (Å²) in [7, 11) is 0. The molecule has 98 valence electrons. The fourth-order valence-corrected chi connectivity index (χ4v) is 2.14. The van der Waals surface area contributed by atoms with E-state index in [1.807, 2.05) is 0 Å². The van der Waals surface area contributed by atoms with Gasteiger partial charge in [0.1, 0.15) is 21.6 Å². The van der Waals surface area contributed by atoms with E-state index in [0.29, 0.717) is 5.02 Å². The largest absolute Gasteiger partial charge is 0.423 e. The van der Waals surface area contributed by atoms with E-state index in [2.05, 4.69) is 9.97 Å². The van der Waals surface area contributed by atoms with Gasteiger partial charge < -0.3 is 4.74 Å². The third-order valence-electron chi connectivity index (χ3n) is 2.02. The monoisotopic (exact) mass is 336 g/mol. The van der Waals surface area contributed by atoms with Crippen molar-refractivity contribution in [3.63, 3.8) is 0 Å². The second-order valence-corrected chi connectivity index (χ2v) is 4.78. The molecule has 0 radical (unpaired) electrons. The molecule has 0 amide bonds. The summed E-state index contributed by atoms with van der Waals surface area (Å²) < 4.78 is 5.07. The molecule has 4 nitrogen and oxygen atoms in total. The van der Waals surface area contributed by atoms with Crippen LogP contribution in [-0.4, -0.2) is 15.9 Å². The first-order valence-corrected chi connectivity index (χ1v) is 6.35. The molecule has 0 N–H and O–H groups in total. The van der Waals surface area contributed by atoms with E-state index in [-0.39, 0.29) is 26.9 Å². The predicted molar refractivity (Wildman–Crippen MR) is 73.5 cm³/mol. The van der Waals surface area contributed by atoms with Crippen LogP contribution in [0.4, 0.5) is 0 Å². The number of carbonyl (C=O) groups excluding carboxylic acids is 1. The van der Waals surface area contributed by atoms with Crippen molar-refractivity contribution in [3.05, 3.63) is 50.4 Å². The Morgan fingerprint density at radius 1 is 0.947 bits per heavy atom. The fourth-order valence-electron chi connectivity index (χ4n) is 1.21. The maximum absolute atomic E-state index is 11.9. The zero-order chi connectivity index (χ0) is 14.0. The minimum Gasteiger partial charge on any atom is -0.423 e. The summed E-state index contributed by atoms with van der Waals surface area (Å²) in [6.07, 6.45) is 0. The lowest BCUT2D eigenvalue weighted by Crippen LogP contribution is -2.11. The standard InChI is InChI=1S/C11H4Cl4N2O2/c12-5-1-3-6(4-2-5)19-10(18)7-8(13)16-11(15)17-9(7)14/h1-4H. The molecule has 0 unspecified atom stereocenters. The van der Waals surface area contributed by atoms with E-state index in [1.165, 1.54) is 12.1 Å². The van der Waals surface area contributed by atoms with Crippen LogP contribution in [-0.2, 0) is 0 Å². The van der Waals surface area contributed by atoms with Crippen molar-refractivity contribution in [2.75, 3.05) is 0 Å². The van der Waals surface area contributed by atoms with Gasteiger partial charge in [0.25, 0.3) is 0 Å². The molecule has 1 aromatic carbocycles. The lowest BCUT2D eigenvalue weighted by molar-refractivity contribution is 0.0734. The van der Waals surface area contributed by atoms with Gasteiger partial charge in [0, 0.05) is 5.02 Å². The first kappa shape index (κ1) is 14.3. The number of ether oxygens (including phenoxy) is 1. The normalized spacial score (nSPS) is 10.3. The van der Waals surface area contributed by atoms with Crippen molar-refractivity contribution >= 4 is 52.4 Å². The fraction of sp³-hybridized carbons (Fsp3) is 0. The Morgan fingerprint density at radius 3 is 2.00 bits per heavy atom. The predicted octanol–water partition coefficient (Wildman–Crippen LogP) is 4.31. The molecule has 19 heavy (non-hydrogen) atoms. The van der Waals surface area contributed by atoms with Gasteiger partial charge in [0.15, 0.2) is 0 Å². The molecule has 1 aromatic heterocycles. The molecular formula is C11H4Cl4N2O2. The van der Waals surface area contributed by atoms with Crippen LogP contribution in [0.2, 0.25) is 20.6 Å². The quantitative estimate of drug-likeness (QED) is 0.354. The van der Waals surface area contributed by atoms with Crippen LogP contribution in [0.25, 0.3) is 0 Å². The summed E-state index contributed by atoms with van der Waals surface area (Å²) in [6, 6.07) is 6.20. The summed E-state index contributed by atoms with van der Waals surface area (Å²) >= 11 is 22.8. The molecule has 0 atom stereocenters. The van der Waals surface area contributed by atoms with Crippen molar-refractivity contribution in [2.45, 2.75) is 0 Å². The van der Waals surface area contributed by atoms with Gasteiger partial charge >= 0.3 is 5.97 Å². The van der Waals surface area contributed by atoms with E-state index < -0.39 is 5.97 Å². The highest BCUT2D eigenvalue weighted by Crippen LogP contribution is 2.25. The van der Waals surface area contributed by atoms with Gasteiger partial charge in [-0.1, -0.05) is 34.8 Å². The van der Waals surface area contributed by atoms with Crippen LogP contribution >= 0.6 is 46.4 Å². The number of esters is 1. The average Bonchev–Trinajstić information content (AvgIpc) is 2.30. The Kier molecular flexibility index (Phi) is 4.47. The molecule has 2 rings (SSSR count). The molecule has 2 aromatic rings. The topological polar surface area (TPSA) is 52.1 Å². The van der Waals surface area contributed by atoms with Crippen LogP contribution in [0.5, 0.6) is 5.75 Å². The van der Waals surface area contributed by atoms with Crippen LogP contribution < -0.4 is 4.74 Å². The van der Waals surface area contributed by atoms with Crippen molar-refractivity contribution in [1.82, 2.24) is 9.97 Å². The first-order chi connectivity index (χ1) is 8.97. The molecular weight excluding hydrogens is 334 g/mol. The third kappa shape index (κ3) is 3.48. The number of carbonyl (C=O) groups is 1. The number of nitrogens with zero attached hydrogens (tertiary/aromatic N) is 2. The van der Waals surface area contributed by atoms with E-state index >= 15 is 0 Å². The number of benzene rings is 1. The van der Waals surface area contributed by atoms with Crippen LogP contribution in [0, 0.1) is 0 Å². The van der Waals surface area contributed by atoms with Crippen LogP contribution in [0.3, 0.4) is 0 Å². The van der Waals surface area contributed by atoms with Crippen molar-refractivity contribution in [2.24, 2.45) is 0 Å². The Labute approximate surface area is 128 Å². The minimum atomic E-state index is -0.783. The molecule has 0 aliphatic carbocycles. The van der Waals surface area contributed by atoms with E-state index in [4.69, 9.17) is 51.1 Å². The van der Waals surface area contributed by atoms with Gasteiger partial charge in [-0.25, -0.2) is 14.8 Å². The highest BCUT2D eigenvalue weighted by molar-refractivity contribution is 6.39. The second kappa shape index (κ2) is 5.92. The average molecular weight is 338 g/mol. The molecule has 0 bridgehead atoms. The molecule has 0 spiro atoms. The zero-order valence-electron chi connectivity index (χ0n) is 9.03. The third-order valence-corrected chi connectivity index (χ3v) is 2.99. The molecule has 0 aliphatic heterocycles. The number of halogens is 4. The van der Waals surface area contributed by atoms with Gasteiger partial charge in [-0.05, 0) is 35.9 Å². The Bertz CT molecular complexity index is 608.